The number of nitrogens with one attached hydrogen (secondary N) is 1. The van der Waals surface area contributed by atoms with Crippen LogP contribution in [0.4, 0.5) is 0 Å². The smallest absolute Gasteiger partial charge is 0.203 e. The highest BCUT2D eigenvalue weighted by Gasteiger charge is 2.27. The second kappa shape index (κ2) is 8.99. The first-order chi connectivity index (χ1) is 11.3. The predicted molar refractivity (Wildman–Crippen MR) is 92.8 cm³/mol. The number of benzene rings is 1. The Morgan fingerprint density at radius 2 is 1.74 bits per heavy atom. The Labute approximate surface area is 139 Å². The molecular formula is C18H30N2O3. The summed E-state index contributed by atoms with van der Waals surface area (Å²) in [6.45, 7) is 6.44. The van der Waals surface area contributed by atoms with Gasteiger partial charge in [0.25, 0.3) is 0 Å². The highest BCUT2D eigenvalue weighted by Crippen LogP contribution is 2.44. The zero-order valence-corrected chi connectivity index (χ0v) is 14.9. The van der Waals surface area contributed by atoms with Crippen LogP contribution in [0.15, 0.2) is 12.1 Å². The summed E-state index contributed by atoms with van der Waals surface area (Å²) in [4.78, 5) is 2.55. The van der Waals surface area contributed by atoms with Crippen LogP contribution in [0.1, 0.15) is 37.8 Å². The second-order valence-electron chi connectivity index (χ2n) is 5.87. The minimum Gasteiger partial charge on any atom is -0.493 e. The molecule has 0 radical (unpaired) electrons. The lowest BCUT2D eigenvalue weighted by Crippen LogP contribution is -2.45. The van der Waals surface area contributed by atoms with Crippen LogP contribution in [-0.2, 0) is 0 Å². The minimum absolute atomic E-state index is 0.354. The summed E-state index contributed by atoms with van der Waals surface area (Å²) in [5.74, 6) is 2.19. The first kappa shape index (κ1) is 17.9. The zero-order chi connectivity index (χ0) is 16.7. The summed E-state index contributed by atoms with van der Waals surface area (Å²) in [7, 11) is 5.02. The van der Waals surface area contributed by atoms with Crippen LogP contribution in [0, 0.1) is 0 Å². The van der Waals surface area contributed by atoms with Crippen molar-refractivity contribution in [2.45, 2.75) is 32.2 Å². The highest BCUT2D eigenvalue weighted by molar-refractivity contribution is 5.56. The standard InChI is InChI=1S/C18H30N2O3/c1-5-6-7-15(20-12-10-19-11-13-20)14-8-9-16(21-2)18(23-4)17(14)22-3/h8-9,15,19H,5-7,10-13H2,1-4H3/t15-/m0/s1. The number of unbranched alkanes of at least 4 members (excludes halogenated alkanes) is 1. The van der Waals surface area contributed by atoms with E-state index in [4.69, 9.17) is 14.2 Å². The van der Waals surface area contributed by atoms with Gasteiger partial charge in [0.05, 0.1) is 21.3 Å². The Morgan fingerprint density at radius 1 is 1.04 bits per heavy atom. The maximum Gasteiger partial charge on any atom is 0.203 e. The molecule has 5 heteroatoms. The normalized spacial score (nSPS) is 16.9. The van der Waals surface area contributed by atoms with Crippen LogP contribution in [0.25, 0.3) is 0 Å². The van der Waals surface area contributed by atoms with E-state index in [2.05, 4.69) is 23.2 Å². The molecule has 1 heterocycles. The Hall–Kier alpha value is -1.46. The van der Waals surface area contributed by atoms with E-state index < -0.39 is 0 Å². The summed E-state index contributed by atoms with van der Waals surface area (Å²) < 4.78 is 16.7. The van der Waals surface area contributed by atoms with Gasteiger partial charge in [0.15, 0.2) is 11.5 Å². The fraction of sp³-hybridized carbons (Fsp3) is 0.667. The van der Waals surface area contributed by atoms with E-state index in [-0.39, 0.29) is 0 Å². The monoisotopic (exact) mass is 322 g/mol. The van der Waals surface area contributed by atoms with E-state index in [9.17, 15) is 0 Å². The molecule has 130 valence electrons. The van der Waals surface area contributed by atoms with Gasteiger partial charge in [0, 0.05) is 37.8 Å². The Bertz CT molecular complexity index is 487. The Kier molecular flexibility index (Phi) is 6.99. The van der Waals surface area contributed by atoms with Crippen molar-refractivity contribution in [3.63, 3.8) is 0 Å². The van der Waals surface area contributed by atoms with E-state index in [1.54, 1.807) is 21.3 Å². The third kappa shape index (κ3) is 4.09. The number of rotatable bonds is 8. The van der Waals surface area contributed by atoms with Gasteiger partial charge in [-0.3, -0.25) is 4.90 Å². The lowest BCUT2D eigenvalue weighted by Gasteiger charge is -2.36. The van der Waals surface area contributed by atoms with Crippen molar-refractivity contribution < 1.29 is 14.2 Å². The van der Waals surface area contributed by atoms with E-state index in [1.807, 2.05) is 6.07 Å². The number of ether oxygens (including phenoxy) is 3. The van der Waals surface area contributed by atoms with Gasteiger partial charge in [-0.1, -0.05) is 19.8 Å². The van der Waals surface area contributed by atoms with Crippen molar-refractivity contribution >= 4 is 0 Å². The summed E-state index contributed by atoms with van der Waals surface area (Å²) in [5.41, 5.74) is 1.19. The number of hydrogen-bond donors (Lipinski definition) is 1. The molecule has 1 aliphatic rings. The SMILES string of the molecule is CCCC[C@@H](c1ccc(OC)c(OC)c1OC)N1CCNCC1. The molecule has 0 saturated carbocycles. The molecule has 0 unspecified atom stereocenters. The number of piperazine rings is 1. The van der Waals surface area contributed by atoms with Crippen LogP contribution in [-0.4, -0.2) is 52.4 Å². The quantitative estimate of drug-likeness (QED) is 0.797. The summed E-state index contributed by atoms with van der Waals surface area (Å²) in [6, 6.07) is 4.47. The number of nitrogens with zero attached hydrogens (tertiary/aromatic N) is 1. The average Bonchev–Trinajstić information content (AvgIpc) is 2.62. The van der Waals surface area contributed by atoms with Crippen LogP contribution >= 0.6 is 0 Å². The van der Waals surface area contributed by atoms with Gasteiger partial charge in [0.1, 0.15) is 0 Å². The maximum absolute atomic E-state index is 5.71. The van der Waals surface area contributed by atoms with Gasteiger partial charge in [-0.05, 0) is 18.6 Å². The molecule has 0 aromatic heterocycles. The fourth-order valence-corrected chi connectivity index (χ4v) is 3.31. The van der Waals surface area contributed by atoms with E-state index in [1.165, 1.54) is 18.4 Å². The summed E-state index contributed by atoms with van der Waals surface area (Å²) in [6.07, 6.45) is 3.52. The molecule has 23 heavy (non-hydrogen) atoms. The fourth-order valence-electron chi connectivity index (χ4n) is 3.31. The molecule has 1 aromatic carbocycles. The maximum atomic E-state index is 5.71. The van der Waals surface area contributed by atoms with Crippen molar-refractivity contribution in [1.82, 2.24) is 10.2 Å². The van der Waals surface area contributed by atoms with Crippen molar-refractivity contribution in [2.24, 2.45) is 0 Å². The third-order valence-electron chi connectivity index (χ3n) is 4.52. The molecular weight excluding hydrogens is 292 g/mol. The molecule has 0 bridgehead atoms. The van der Waals surface area contributed by atoms with Crippen LogP contribution in [0.2, 0.25) is 0 Å². The van der Waals surface area contributed by atoms with Crippen molar-refractivity contribution in [3.05, 3.63) is 17.7 Å². The van der Waals surface area contributed by atoms with Crippen LogP contribution in [0.5, 0.6) is 17.2 Å². The largest absolute Gasteiger partial charge is 0.493 e. The Balaban J connectivity index is 2.39. The molecule has 1 N–H and O–H groups in total. The van der Waals surface area contributed by atoms with Gasteiger partial charge in [-0.25, -0.2) is 0 Å². The summed E-state index contributed by atoms with van der Waals surface area (Å²) in [5, 5.41) is 3.43. The minimum atomic E-state index is 0.354. The summed E-state index contributed by atoms with van der Waals surface area (Å²) >= 11 is 0. The molecule has 1 fully saturated rings. The molecule has 1 aromatic rings. The van der Waals surface area contributed by atoms with Crippen LogP contribution < -0.4 is 19.5 Å². The Morgan fingerprint density at radius 3 is 2.30 bits per heavy atom. The third-order valence-corrected chi connectivity index (χ3v) is 4.52. The molecule has 1 atom stereocenters. The van der Waals surface area contributed by atoms with Gasteiger partial charge < -0.3 is 19.5 Å². The number of hydrogen-bond acceptors (Lipinski definition) is 5. The molecule has 5 nitrogen and oxygen atoms in total. The zero-order valence-electron chi connectivity index (χ0n) is 14.9. The van der Waals surface area contributed by atoms with Gasteiger partial charge in [-0.2, -0.15) is 0 Å². The van der Waals surface area contributed by atoms with Gasteiger partial charge in [0.2, 0.25) is 5.75 Å². The first-order valence-corrected chi connectivity index (χ1v) is 8.50. The van der Waals surface area contributed by atoms with Gasteiger partial charge >= 0.3 is 0 Å². The molecule has 1 aliphatic heterocycles. The van der Waals surface area contributed by atoms with Crippen molar-refractivity contribution in [3.8, 4) is 17.2 Å². The van der Waals surface area contributed by atoms with Crippen LogP contribution in [0.3, 0.4) is 0 Å². The molecule has 2 rings (SSSR count). The molecule has 0 spiro atoms. The number of methoxy groups -OCH3 is 3. The molecule has 0 aliphatic carbocycles. The van der Waals surface area contributed by atoms with E-state index in [0.717, 1.165) is 38.3 Å². The van der Waals surface area contributed by atoms with Crippen molar-refractivity contribution in [2.75, 3.05) is 47.5 Å². The van der Waals surface area contributed by atoms with Gasteiger partial charge in [-0.15, -0.1) is 0 Å². The molecule has 1 saturated heterocycles. The lowest BCUT2D eigenvalue weighted by atomic mass is 9.97. The van der Waals surface area contributed by atoms with E-state index in [0.29, 0.717) is 17.5 Å². The molecule has 0 amide bonds. The highest BCUT2D eigenvalue weighted by atomic mass is 16.5. The first-order valence-electron chi connectivity index (χ1n) is 8.50. The lowest BCUT2D eigenvalue weighted by molar-refractivity contribution is 0.159. The topological polar surface area (TPSA) is 43.0 Å². The van der Waals surface area contributed by atoms with E-state index >= 15 is 0 Å². The van der Waals surface area contributed by atoms with Crippen molar-refractivity contribution in [1.29, 1.82) is 0 Å². The second-order valence-corrected chi connectivity index (χ2v) is 5.87. The average molecular weight is 322 g/mol. The predicted octanol–water partition coefficient (Wildman–Crippen LogP) is 2.85.